The Kier molecular flexibility index (Phi) is 5.59. The summed E-state index contributed by atoms with van der Waals surface area (Å²) >= 11 is 0. The van der Waals surface area contributed by atoms with E-state index in [1.807, 2.05) is 0 Å². The Hall–Kier alpha value is -1.36. The topological polar surface area (TPSA) is 0 Å². The molecular formula is C22H28F2. The highest BCUT2D eigenvalue weighted by Gasteiger charge is 2.30. The van der Waals surface area contributed by atoms with E-state index in [9.17, 15) is 8.78 Å². The van der Waals surface area contributed by atoms with Crippen molar-refractivity contribution in [2.75, 3.05) is 0 Å². The minimum atomic E-state index is -0.511. The van der Waals surface area contributed by atoms with E-state index in [0.717, 1.165) is 36.2 Å². The average molecular weight is 330 g/mol. The van der Waals surface area contributed by atoms with Gasteiger partial charge in [-0.1, -0.05) is 25.7 Å². The largest absolute Gasteiger partial charge is 0.206 e. The zero-order valence-corrected chi connectivity index (χ0v) is 14.9. The lowest BCUT2D eigenvalue weighted by molar-refractivity contribution is 0.165. The Labute approximate surface area is 145 Å². The van der Waals surface area contributed by atoms with Crippen molar-refractivity contribution in [3.05, 3.63) is 34.9 Å². The van der Waals surface area contributed by atoms with Crippen LogP contribution < -0.4 is 0 Å². The van der Waals surface area contributed by atoms with E-state index >= 15 is 0 Å². The van der Waals surface area contributed by atoms with Crippen LogP contribution in [0.25, 0.3) is 0 Å². The molecule has 0 N–H and O–H groups in total. The van der Waals surface area contributed by atoms with Crippen molar-refractivity contribution in [2.45, 2.75) is 71.1 Å². The number of rotatable bonds is 2. The summed E-state index contributed by atoms with van der Waals surface area (Å²) in [5.41, 5.74) is 0.730. The normalized spacial score (nSPS) is 30.5. The van der Waals surface area contributed by atoms with Crippen LogP contribution in [-0.2, 0) is 0 Å². The molecule has 2 saturated carbocycles. The summed E-state index contributed by atoms with van der Waals surface area (Å²) in [6.07, 6.45) is 10.1. The van der Waals surface area contributed by atoms with Gasteiger partial charge in [-0.25, -0.2) is 8.78 Å². The highest BCUT2D eigenvalue weighted by molar-refractivity contribution is 5.39. The molecule has 0 radical (unpaired) electrons. The fourth-order valence-corrected chi connectivity index (χ4v) is 4.75. The lowest BCUT2D eigenvalue weighted by Crippen LogP contribution is -2.24. The summed E-state index contributed by atoms with van der Waals surface area (Å²) in [5, 5.41) is 0. The van der Waals surface area contributed by atoms with Crippen LogP contribution in [0.5, 0.6) is 0 Å². The predicted octanol–water partition coefficient (Wildman–Crippen LogP) is 6.44. The van der Waals surface area contributed by atoms with E-state index in [-0.39, 0.29) is 5.56 Å². The van der Waals surface area contributed by atoms with E-state index in [2.05, 4.69) is 18.8 Å². The zero-order valence-electron chi connectivity index (χ0n) is 14.9. The first-order valence-corrected chi connectivity index (χ1v) is 9.50. The fourth-order valence-electron chi connectivity index (χ4n) is 4.75. The quantitative estimate of drug-likeness (QED) is 0.548. The van der Waals surface area contributed by atoms with Crippen molar-refractivity contribution in [3.8, 4) is 11.8 Å². The number of hydrogen-bond acceptors (Lipinski definition) is 0. The second-order valence-corrected chi connectivity index (χ2v) is 7.87. The molecule has 0 aromatic heterocycles. The molecule has 0 amide bonds. The van der Waals surface area contributed by atoms with Crippen molar-refractivity contribution in [1.29, 1.82) is 0 Å². The van der Waals surface area contributed by atoms with Crippen molar-refractivity contribution in [2.24, 2.45) is 17.8 Å². The molecule has 2 heteroatoms. The Morgan fingerprint density at radius 2 is 1.33 bits per heavy atom. The van der Waals surface area contributed by atoms with Crippen LogP contribution >= 0.6 is 0 Å². The third-order valence-corrected chi connectivity index (χ3v) is 6.28. The molecule has 24 heavy (non-hydrogen) atoms. The SMILES string of the molecule is CC#Cc1c(F)cc(C2CCC(C3CCC(C)CC3)CC2)cc1F. The molecule has 1 aromatic carbocycles. The van der Waals surface area contributed by atoms with Gasteiger partial charge >= 0.3 is 0 Å². The molecule has 0 bridgehead atoms. The Morgan fingerprint density at radius 3 is 1.83 bits per heavy atom. The molecule has 0 unspecified atom stereocenters. The van der Waals surface area contributed by atoms with Gasteiger partial charge in [0.15, 0.2) is 0 Å². The molecule has 1 aromatic rings. The van der Waals surface area contributed by atoms with Crippen molar-refractivity contribution in [3.63, 3.8) is 0 Å². The van der Waals surface area contributed by atoms with Crippen LogP contribution in [0.3, 0.4) is 0 Å². The van der Waals surface area contributed by atoms with E-state index < -0.39 is 11.6 Å². The van der Waals surface area contributed by atoms with Gasteiger partial charge in [0.25, 0.3) is 0 Å². The fraction of sp³-hybridized carbons (Fsp3) is 0.636. The van der Waals surface area contributed by atoms with Crippen molar-refractivity contribution in [1.82, 2.24) is 0 Å². The number of benzene rings is 1. The first-order chi connectivity index (χ1) is 11.6. The molecule has 0 nitrogen and oxygen atoms in total. The Bertz CT molecular complexity index is 598. The minimum Gasteiger partial charge on any atom is -0.206 e. The van der Waals surface area contributed by atoms with Crippen molar-refractivity contribution < 1.29 is 8.78 Å². The highest BCUT2D eigenvalue weighted by atomic mass is 19.1. The second-order valence-electron chi connectivity index (χ2n) is 7.87. The van der Waals surface area contributed by atoms with Crippen LogP contribution in [-0.4, -0.2) is 0 Å². The number of hydrogen-bond donors (Lipinski definition) is 0. The minimum absolute atomic E-state index is 0.0914. The highest BCUT2D eigenvalue weighted by Crippen LogP contribution is 2.44. The summed E-state index contributed by atoms with van der Waals surface area (Å²) < 4.78 is 28.2. The van der Waals surface area contributed by atoms with Crippen LogP contribution in [0.1, 0.15) is 82.3 Å². The summed E-state index contributed by atoms with van der Waals surface area (Å²) in [6, 6.07) is 3.02. The molecule has 130 valence electrons. The van der Waals surface area contributed by atoms with Gasteiger partial charge in [0.2, 0.25) is 0 Å². The van der Waals surface area contributed by atoms with E-state index in [1.165, 1.54) is 50.7 Å². The lowest BCUT2D eigenvalue weighted by atomic mass is 9.68. The molecule has 2 aliphatic carbocycles. The first-order valence-electron chi connectivity index (χ1n) is 9.50. The maximum Gasteiger partial charge on any atom is 0.142 e. The molecular weight excluding hydrogens is 302 g/mol. The zero-order chi connectivity index (χ0) is 17.1. The smallest absolute Gasteiger partial charge is 0.142 e. The van der Waals surface area contributed by atoms with Gasteiger partial charge in [-0.15, -0.1) is 5.92 Å². The van der Waals surface area contributed by atoms with E-state index in [4.69, 9.17) is 0 Å². The van der Waals surface area contributed by atoms with Gasteiger partial charge in [0.05, 0.1) is 5.56 Å². The van der Waals surface area contributed by atoms with Gasteiger partial charge in [0, 0.05) is 0 Å². The van der Waals surface area contributed by atoms with E-state index in [1.54, 1.807) is 6.92 Å². The molecule has 0 aliphatic heterocycles. The monoisotopic (exact) mass is 330 g/mol. The molecule has 3 rings (SSSR count). The van der Waals surface area contributed by atoms with Gasteiger partial charge in [-0.2, -0.15) is 0 Å². The molecule has 0 spiro atoms. The third kappa shape index (κ3) is 3.82. The molecule has 0 saturated heterocycles. The third-order valence-electron chi connectivity index (χ3n) is 6.28. The Morgan fingerprint density at radius 1 is 0.833 bits per heavy atom. The predicted molar refractivity (Wildman–Crippen MR) is 94.7 cm³/mol. The van der Waals surface area contributed by atoms with Gasteiger partial charge < -0.3 is 0 Å². The second kappa shape index (κ2) is 7.68. The standard InChI is InChI=1S/C22H28F2/c1-3-4-20-21(23)13-19(14-22(20)24)18-11-9-17(10-12-18)16-7-5-15(2)6-8-16/h13-18H,5-12H2,1-2H3. The Balaban J connectivity index is 1.63. The summed E-state index contributed by atoms with van der Waals surface area (Å²) in [7, 11) is 0. The summed E-state index contributed by atoms with van der Waals surface area (Å²) in [6.45, 7) is 3.96. The van der Waals surface area contributed by atoms with Crippen LogP contribution in [0.4, 0.5) is 8.78 Å². The summed E-state index contributed by atoms with van der Waals surface area (Å²) in [5.74, 6) is 7.00. The number of halogens is 2. The van der Waals surface area contributed by atoms with Gasteiger partial charge in [-0.05, 0) is 86.8 Å². The maximum absolute atomic E-state index is 14.1. The molecule has 2 aliphatic rings. The molecule has 0 heterocycles. The van der Waals surface area contributed by atoms with Crippen LogP contribution in [0.15, 0.2) is 12.1 Å². The maximum atomic E-state index is 14.1. The van der Waals surface area contributed by atoms with Gasteiger partial charge in [0.1, 0.15) is 11.6 Å². The first kappa shape index (κ1) is 17.5. The average Bonchev–Trinajstić information content (AvgIpc) is 2.59. The van der Waals surface area contributed by atoms with Gasteiger partial charge in [-0.3, -0.25) is 0 Å². The van der Waals surface area contributed by atoms with E-state index in [0.29, 0.717) is 5.92 Å². The van der Waals surface area contributed by atoms with Crippen molar-refractivity contribution >= 4 is 0 Å². The molecule has 0 atom stereocenters. The van der Waals surface area contributed by atoms with Crippen LogP contribution in [0.2, 0.25) is 0 Å². The lowest BCUT2D eigenvalue weighted by Gasteiger charge is -2.37. The molecule has 2 fully saturated rings. The van der Waals surface area contributed by atoms with Crippen LogP contribution in [0, 0.1) is 41.2 Å². The summed E-state index contributed by atoms with van der Waals surface area (Å²) in [4.78, 5) is 0.